The summed E-state index contributed by atoms with van der Waals surface area (Å²) < 4.78 is 3.48. The predicted octanol–water partition coefficient (Wildman–Crippen LogP) is 3.22. The van der Waals surface area contributed by atoms with E-state index < -0.39 is 0 Å². The third kappa shape index (κ3) is 2.34. The summed E-state index contributed by atoms with van der Waals surface area (Å²) in [5, 5.41) is 0.897. The molecular weight excluding hydrogens is 372 g/mol. The summed E-state index contributed by atoms with van der Waals surface area (Å²) in [6, 6.07) is 1.94. The molecule has 4 heterocycles. The summed E-state index contributed by atoms with van der Waals surface area (Å²) in [4.78, 5) is 30.0. The second kappa shape index (κ2) is 6.13. The van der Waals surface area contributed by atoms with E-state index in [-0.39, 0.29) is 5.56 Å². The van der Waals surface area contributed by atoms with Gasteiger partial charge in [0.2, 0.25) is 0 Å². The molecule has 0 fully saturated rings. The minimum Gasteiger partial charge on any atom is -0.377 e. The highest BCUT2D eigenvalue weighted by atomic mass is 32.1. The molecule has 0 saturated carbocycles. The van der Waals surface area contributed by atoms with Crippen molar-refractivity contribution in [1.29, 1.82) is 0 Å². The maximum atomic E-state index is 13.4. The SMILES string of the molecule is CN(C)c1ccnc2c1c1ncn(C3=Cc4scnc4C=CC3)c(=O)c1n2C. The number of hydrogen-bond donors (Lipinski definition) is 0. The second-order valence-corrected chi connectivity index (χ2v) is 7.83. The van der Waals surface area contributed by atoms with Gasteiger partial charge in [-0.3, -0.25) is 9.36 Å². The maximum Gasteiger partial charge on any atom is 0.282 e. The fourth-order valence-electron chi connectivity index (χ4n) is 3.70. The Morgan fingerprint density at radius 1 is 1.21 bits per heavy atom. The van der Waals surface area contributed by atoms with Crippen LogP contribution < -0.4 is 10.5 Å². The zero-order chi connectivity index (χ0) is 19.4. The van der Waals surface area contributed by atoms with Gasteiger partial charge in [-0.25, -0.2) is 15.0 Å². The normalized spacial score (nSPS) is 13.6. The number of fused-ring (bicyclic) bond motifs is 4. The van der Waals surface area contributed by atoms with Crippen LogP contribution in [0.1, 0.15) is 17.0 Å². The maximum absolute atomic E-state index is 13.4. The zero-order valence-corrected chi connectivity index (χ0v) is 16.6. The molecule has 0 unspecified atom stereocenters. The largest absolute Gasteiger partial charge is 0.377 e. The molecule has 0 saturated heterocycles. The van der Waals surface area contributed by atoms with Crippen molar-refractivity contribution in [3.8, 4) is 0 Å². The summed E-state index contributed by atoms with van der Waals surface area (Å²) >= 11 is 1.56. The molecule has 0 aromatic carbocycles. The molecule has 4 aromatic rings. The monoisotopic (exact) mass is 390 g/mol. The van der Waals surface area contributed by atoms with Gasteiger partial charge in [-0.05, 0) is 18.2 Å². The van der Waals surface area contributed by atoms with Gasteiger partial charge in [0.05, 0.1) is 27.2 Å². The fraction of sp³-hybridized carbons (Fsp3) is 0.200. The van der Waals surface area contributed by atoms with Crippen molar-refractivity contribution in [3.63, 3.8) is 0 Å². The lowest BCUT2D eigenvalue weighted by atomic mass is 10.2. The van der Waals surface area contributed by atoms with Gasteiger partial charge in [0.25, 0.3) is 5.56 Å². The molecule has 28 heavy (non-hydrogen) atoms. The smallest absolute Gasteiger partial charge is 0.282 e. The van der Waals surface area contributed by atoms with E-state index in [1.54, 1.807) is 28.4 Å². The van der Waals surface area contributed by atoms with Crippen molar-refractivity contribution in [3.05, 3.63) is 51.1 Å². The van der Waals surface area contributed by atoms with E-state index in [4.69, 9.17) is 0 Å². The van der Waals surface area contributed by atoms with E-state index in [2.05, 4.69) is 15.0 Å². The summed E-state index contributed by atoms with van der Waals surface area (Å²) in [5.74, 6) is 0. The van der Waals surface area contributed by atoms with Crippen LogP contribution in [-0.2, 0) is 7.05 Å². The molecule has 0 atom stereocenters. The number of aromatic nitrogens is 5. The molecule has 1 aliphatic carbocycles. The van der Waals surface area contributed by atoms with E-state index >= 15 is 0 Å². The number of allylic oxidation sites excluding steroid dienone is 2. The summed E-state index contributed by atoms with van der Waals surface area (Å²) in [5.41, 5.74) is 6.52. The van der Waals surface area contributed by atoms with Crippen molar-refractivity contribution in [1.82, 2.24) is 24.1 Å². The molecule has 0 bridgehead atoms. The van der Waals surface area contributed by atoms with Crippen molar-refractivity contribution in [2.45, 2.75) is 6.42 Å². The molecule has 4 aromatic heterocycles. The van der Waals surface area contributed by atoms with Gasteiger partial charge in [0.15, 0.2) is 0 Å². The molecular formula is C20H18N6OS. The standard InChI is InChI=1S/C20H18N6OS/c1-24(2)14-7-8-21-19-16(14)17-18(25(19)3)20(27)26(10-22-17)12-5-4-6-13-15(9-12)28-11-23-13/h4,6-11H,5H2,1-3H3. The number of thiazole rings is 1. The van der Waals surface area contributed by atoms with E-state index in [9.17, 15) is 4.79 Å². The average Bonchev–Trinajstić information content (AvgIpc) is 3.18. The lowest BCUT2D eigenvalue weighted by molar-refractivity contribution is 0.921. The molecule has 7 nitrogen and oxygen atoms in total. The van der Waals surface area contributed by atoms with Crippen LogP contribution in [0.2, 0.25) is 0 Å². The van der Waals surface area contributed by atoms with Crippen molar-refractivity contribution in [2.75, 3.05) is 19.0 Å². The van der Waals surface area contributed by atoms with Gasteiger partial charge in [-0.15, -0.1) is 11.3 Å². The Morgan fingerprint density at radius 3 is 2.89 bits per heavy atom. The highest BCUT2D eigenvalue weighted by Gasteiger charge is 2.20. The highest BCUT2D eigenvalue weighted by molar-refractivity contribution is 7.10. The molecule has 0 aliphatic heterocycles. The Labute approximate surface area is 164 Å². The van der Waals surface area contributed by atoms with Gasteiger partial charge < -0.3 is 9.47 Å². The Hall–Kier alpha value is -3.26. The van der Waals surface area contributed by atoms with Crippen LogP contribution in [0.15, 0.2) is 35.0 Å². The second-order valence-electron chi connectivity index (χ2n) is 6.94. The first-order chi connectivity index (χ1) is 13.6. The summed E-state index contributed by atoms with van der Waals surface area (Å²) in [6.45, 7) is 0. The van der Waals surface area contributed by atoms with Gasteiger partial charge in [0.1, 0.15) is 23.0 Å². The van der Waals surface area contributed by atoms with E-state index in [1.807, 2.05) is 60.4 Å². The van der Waals surface area contributed by atoms with Gasteiger partial charge in [0, 0.05) is 39.5 Å². The lowest BCUT2D eigenvalue weighted by Crippen LogP contribution is -2.21. The minimum atomic E-state index is -0.0946. The predicted molar refractivity (Wildman–Crippen MR) is 115 cm³/mol. The number of rotatable bonds is 2. The number of hydrogen-bond acceptors (Lipinski definition) is 6. The molecule has 5 rings (SSSR count). The first kappa shape index (κ1) is 16.9. The number of nitrogens with zero attached hydrogens (tertiary/aromatic N) is 6. The van der Waals surface area contributed by atoms with E-state index in [0.717, 1.165) is 33.0 Å². The Bertz CT molecular complexity index is 1350. The molecule has 140 valence electrons. The summed E-state index contributed by atoms with van der Waals surface area (Å²) in [6.07, 6.45) is 10.1. The number of pyridine rings is 1. The molecule has 0 radical (unpaired) electrons. The van der Waals surface area contributed by atoms with Crippen LogP contribution >= 0.6 is 11.3 Å². The van der Waals surface area contributed by atoms with Crippen molar-refractivity contribution in [2.24, 2.45) is 7.05 Å². The zero-order valence-electron chi connectivity index (χ0n) is 15.7. The van der Waals surface area contributed by atoms with Crippen LogP contribution in [0.3, 0.4) is 0 Å². The molecule has 0 amide bonds. The third-order valence-corrected chi connectivity index (χ3v) is 5.85. The number of anilines is 1. The van der Waals surface area contributed by atoms with Gasteiger partial charge >= 0.3 is 0 Å². The molecule has 0 N–H and O–H groups in total. The minimum absolute atomic E-state index is 0.0946. The van der Waals surface area contributed by atoms with Crippen LogP contribution in [-0.4, -0.2) is 38.2 Å². The van der Waals surface area contributed by atoms with Crippen molar-refractivity contribution >= 4 is 56.9 Å². The average molecular weight is 390 g/mol. The van der Waals surface area contributed by atoms with Gasteiger partial charge in [-0.1, -0.05) is 6.08 Å². The van der Waals surface area contributed by atoms with Crippen LogP contribution in [0.25, 0.3) is 39.9 Å². The Morgan fingerprint density at radius 2 is 2.07 bits per heavy atom. The van der Waals surface area contributed by atoms with Crippen LogP contribution in [0.5, 0.6) is 0 Å². The molecule has 0 spiro atoms. The van der Waals surface area contributed by atoms with E-state index in [1.165, 1.54) is 0 Å². The molecule has 8 heteroatoms. The van der Waals surface area contributed by atoms with Crippen LogP contribution in [0.4, 0.5) is 5.69 Å². The van der Waals surface area contributed by atoms with E-state index in [0.29, 0.717) is 17.5 Å². The summed E-state index contributed by atoms with van der Waals surface area (Å²) in [7, 11) is 5.82. The number of aryl methyl sites for hydroxylation is 1. The van der Waals surface area contributed by atoms with Crippen molar-refractivity contribution < 1.29 is 0 Å². The van der Waals surface area contributed by atoms with Crippen LogP contribution in [0, 0.1) is 0 Å². The third-order valence-electron chi connectivity index (χ3n) is 5.06. The Kier molecular flexibility index (Phi) is 3.70. The first-order valence-electron chi connectivity index (χ1n) is 8.89. The highest BCUT2D eigenvalue weighted by Crippen LogP contribution is 2.31. The molecule has 1 aliphatic rings. The fourth-order valence-corrected chi connectivity index (χ4v) is 4.43. The first-order valence-corrected chi connectivity index (χ1v) is 9.77. The van der Waals surface area contributed by atoms with Gasteiger partial charge in [-0.2, -0.15) is 0 Å². The quantitative estimate of drug-likeness (QED) is 0.526. The topological polar surface area (TPSA) is 68.8 Å². The Balaban J connectivity index is 1.81. The lowest BCUT2D eigenvalue weighted by Gasteiger charge is -2.13.